The molecule has 1 saturated heterocycles. The normalized spacial score (nSPS) is 16.1. The van der Waals surface area contributed by atoms with Crippen LogP contribution in [0.1, 0.15) is 17.0 Å². The van der Waals surface area contributed by atoms with Crippen LogP contribution in [-0.4, -0.2) is 42.0 Å². The molecule has 1 aromatic heterocycles. The van der Waals surface area contributed by atoms with E-state index in [4.69, 9.17) is 4.74 Å². The van der Waals surface area contributed by atoms with E-state index in [1.807, 2.05) is 78.0 Å². The molecule has 0 spiro atoms. The molecule has 2 aliphatic heterocycles. The number of nitrogens with zero attached hydrogens (tertiary/aromatic N) is 3. The van der Waals surface area contributed by atoms with E-state index in [1.165, 1.54) is 0 Å². The fourth-order valence-corrected chi connectivity index (χ4v) is 4.10. The summed E-state index contributed by atoms with van der Waals surface area (Å²) in [4.78, 5) is 21.9. The third-order valence-corrected chi connectivity index (χ3v) is 5.55. The minimum Gasteiger partial charge on any atom is -0.457 e. The number of pyridine rings is 1. The second kappa shape index (κ2) is 7.00. The highest BCUT2D eigenvalue weighted by atomic mass is 16.5. The lowest BCUT2D eigenvalue weighted by molar-refractivity contribution is -0.132. The molecule has 0 radical (unpaired) electrons. The minimum absolute atomic E-state index is 0.151. The molecule has 0 unspecified atom stereocenters. The number of hydrogen-bond donors (Lipinski definition) is 0. The lowest BCUT2D eigenvalue weighted by Crippen LogP contribution is -2.50. The van der Waals surface area contributed by atoms with E-state index in [1.54, 1.807) is 0 Å². The van der Waals surface area contributed by atoms with Crippen molar-refractivity contribution in [3.05, 3.63) is 84.2 Å². The second-order valence-electron chi connectivity index (χ2n) is 7.13. The summed E-state index contributed by atoms with van der Waals surface area (Å²) in [6, 6.07) is 19.7. The van der Waals surface area contributed by atoms with Crippen LogP contribution in [0.15, 0.2) is 73.1 Å². The van der Waals surface area contributed by atoms with Gasteiger partial charge in [-0.25, -0.2) is 0 Å². The van der Waals surface area contributed by atoms with Crippen molar-refractivity contribution in [2.45, 2.75) is 5.92 Å². The van der Waals surface area contributed by atoms with Crippen LogP contribution in [0.25, 0.3) is 0 Å². The first-order chi connectivity index (χ1) is 13.8. The van der Waals surface area contributed by atoms with Crippen molar-refractivity contribution in [3.63, 3.8) is 0 Å². The van der Waals surface area contributed by atoms with Gasteiger partial charge in [-0.1, -0.05) is 36.4 Å². The molecule has 140 valence electrons. The Balaban J connectivity index is 1.40. The second-order valence-corrected chi connectivity index (χ2v) is 7.13. The Hall–Kier alpha value is -3.34. The highest BCUT2D eigenvalue weighted by Crippen LogP contribution is 2.44. The van der Waals surface area contributed by atoms with Crippen molar-refractivity contribution < 1.29 is 9.53 Å². The molecule has 5 rings (SSSR count). The highest BCUT2D eigenvalue weighted by molar-refractivity contribution is 5.90. The van der Waals surface area contributed by atoms with Crippen molar-refractivity contribution in [1.82, 2.24) is 9.88 Å². The molecule has 2 aromatic carbocycles. The number of hydrogen-bond acceptors (Lipinski definition) is 4. The molecule has 5 nitrogen and oxygen atoms in total. The molecular weight excluding hydrogens is 350 g/mol. The van der Waals surface area contributed by atoms with E-state index < -0.39 is 0 Å². The van der Waals surface area contributed by atoms with E-state index in [-0.39, 0.29) is 11.8 Å². The topological polar surface area (TPSA) is 45.7 Å². The molecule has 3 heterocycles. The van der Waals surface area contributed by atoms with Gasteiger partial charge < -0.3 is 14.5 Å². The first-order valence-electron chi connectivity index (χ1n) is 9.61. The van der Waals surface area contributed by atoms with Gasteiger partial charge in [0, 0.05) is 55.4 Å². The summed E-state index contributed by atoms with van der Waals surface area (Å²) in [5.41, 5.74) is 3.05. The average molecular weight is 371 g/mol. The third-order valence-electron chi connectivity index (χ3n) is 5.55. The maximum absolute atomic E-state index is 13.6. The molecule has 2 aliphatic rings. The average Bonchev–Trinajstić information content (AvgIpc) is 2.77. The van der Waals surface area contributed by atoms with Crippen LogP contribution in [0.2, 0.25) is 0 Å². The largest absolute Gasteiger partial charge is 0.457 e. The number of aromatic nitrogens is 1. The summed E-state index contributed by atoms with van der Waals surface area (Å²) in [5, 5.41) is 0. The zero-order valence-corrected chi connectivity index (χ0v) is 15.5. The Morgan fingerprint density at radius 2 is 1.39 bits per heavy atom. The smallest absolute Gasteiger partial charge is 0.234 e. The third kappa shape index (κ3) is 2.89. The molecule has 0 bridgehead atoms. The number of ether oxygens (including phenoxy) is 1. The number of benzene rings is 2. The SMILES string of the molecule is O=C(C1c2ccccc2Oc2ccccc21)N1CCN(c2ccncc2)CC1. The minimum atomic E-state index is -0.311. The number of carbonyl (C=O) groups is 1. The van der Waals surface area contributed by atoms with Gasteiger partial charge in [-0.2, -0.15) is 0 Å². The maximum Gasteiger partial charge on any atom is 0.234 e. The molecular formula is C23H21N3O2. The number of rotatable bonds is 2. The van der Waals surface area contributed by atoms with E-state index in [2.05, 4.69) is 9.88 Å². The zero-order chi connectivity index (χ0) is 18.9. The molecule has 0 saturated carbocycles. The lowest BCUT2D eigenvalue weighted by Gasteiger charge is -2.38. The van der Waals surface area contributed by atoms with Gasteiger partial charge in [-0.15, -0.1) is 0 Å². The van der Waals surface area contributed by atoms with Crippen LogP contribution < -0.4 is 9.64 Å². The highest BCUT2D eigenvalue weighted by Gasteiger charge is 2.36. The van der Waals surface area contributed by atoms with Gasteiger partial charge in [0.1, 0.15) is 11.5 Å². The standard InChI is InChI=1S/C23H21N3O2/c27-23(26-15-13-25(14-16-26)17-9-11-24-12-10-17)22-18-5-1-3-7-20(18)28-21-8-4-2-6-19(21)22/h1-12,22H,13-16H2. The monoisotopic (exact) mass is 371 g/mol. The lowest BCUT2D eigenvalue weighted by atomic mass is 9.86. The predicted octanol–water partition coefficient (Wildman–Crippen LogP) is 3.67. The van der Waals surface area contributed by atoms with Crippen LogP contribution >= 0.6 is 0 Å². The molecule has 5 heteroatoms. The van der Waals surface area contributed by atoms with Crippen LogP contribution in [0.4, 0.5) is 5.69 Å². The van der Waals surface area contributed by atoms with Gasteiger partial charge in [0.2, 0.25) is 5.91 Å². The van der Waals surface area contributed by atoms with Gasteiger partial charge in [-0.3, -0.25) is 9.78 Å². The summed E-state index contributed by atoms with van der Waals surface area (Å²) >= 11 is 0. The Kier molecular flexibility index (Phi) is 4.20. The fourth-order valence-electron chi connectivity index (χ4n) is 4.10. The quantitative estimate of drug-likeness (QED) is 0.690. The van der Waals surface area contributed by atoms with Crippen molar-refractivity contribution in [3.8, 4) is 11.5 Å². The van der Waals surface area contributed by atoms with E-state index in [0.29, 0.717) is 13.1 Å². The van der Waals surface area contributed by atoms with Gasteiger partial charge in [-0.05, 0) is 24.3 Å². The summed E-state index contributed by atoms with van der Waals surface area (Å²) in [7, 11) is 0. The molecule has 0 atom stereocenters. The Morgan fingerprint density at radius 3 is 2.00 bits per heavy atom. The summed E-state index contributed by atoms with van der Waals surface area (Å²) in [6.45, 7) is 3.07. The Morgan fingerprint density at radius 1 is 0.821 bits per heavy atom. The van der Waals surface area contributed by atoms with Crippen LogP contribution in [0.5, 0.6) is 11.5 Å². The summed E-state index contributed by atoms with van der Waals surface area (Å²) in [6.07, 6.45) is 3.62. The van der Waals surface area contributed by atoms with Crippen LogP contribution in [0, 0.1) is 0 Å². The summed E-state index contributed by atoms with van der Waals surface area (Å²) in [5.74, 6) is 1.39. The number of fused-ring (bicyclic) bond motifs is 2. The van der Waals surface area contributed by atoms with Crippen molar-refractivity contribution in [1.29, 1.82) is 0 Å². The van der Waals surface area contributed by atoms with E-state index in [0.717, 1.165) is 41.4 Å². The number of para-hydroxylation sites is 2. The Labute approximate surface area is 164 Å². The van der Waals surface area contributed by atoms with Crippen molar-refractivity contribution >= 4 is 11.6 Å². The zero-order valence-electron chi connectivity index (χ0n) is 15.5. The number of anilines is 1. The predicted molar refractivity (Wildman–Crippen MR) is 108 cm³/mol. The molecule has 1 fully saturated rings. The number of piperazine rings is 1. The van der Waals surface area contributed by atoms with Gasteiger partial charge in [0.25, 0.3) is 0 Å². The number of carbonyl (C=O) groups excluding carboxylic acids is 1. The summed E-state index contributed by atoms with van der Waals surface area (Å²) < 4.78 is 6.04. The van der Waals surface area contributed by atoms with Crippen molar-refractivity contribution in [2.24, 2.45) is 0 Å². The van der Waals surface area contributed by atoms with E-state index in [9.17, 15) is 4.79 Å². The van der Waals surface area contributed by atoms with Crippen LogP contribution in [-0.2, 0) is 4.79 Å². The van der Waals surface area contributed by atoms with Gasteiger partial charge in [0.15, 0.2) is 0 Å². The first-order valence-corrected chi connectivity index (χ1v) is 9.61. The first kappa shape index (κ1) is 16.8. The number of amides is 1. The molecule has 3 aromatic rings. The molecule has 0 aliphatic carbocycles. The fraction of sp³-hybridized carbons (Fsp3) is 0.217. The molecule has 0 N–H and O–H groups in total. The van der Waals surface area contributed by atoms with Crippen molar-refractivity contribution in [2.75, 3.05) is 31.1 Å². The van der Waals surface area contributed by atoms with Gasteiger partial charge >= 0.3 is 0 Å². The van der Waals surface area contributed by atoms with Gasteiger partial charge in [0.05, 0.1) is 5.92 Å². The Bertz CT molecular complexity index is 952. The maximum atomic E-state index is 13.6. The van der Waals surface area contributed by atoms with Crippen LogP contribution in [0.3, 0.4) is 0 Å². The van der Waals surface area contributed by atoms with E-state index >= 15 is 0 Å². The molecule has 28 heavy (non-hydrogen) atoms. The molecule has 1 amide bonds.